The zero-order valence-electron chi connectivity index (χ0n) is 13.6. The lowest BCUT2D eigenvalue weighted by Crippen LogP contribution is -2.47. The lowest BCUT2D eigenvalue weighted by atomic mass is 10.1. The Labute approximate surface area is 143 Å². The van der Waals surface area contributed by atoms with Crippen molar-refractivity contribution in [3.63, 3.8) is 0 Å². The van der Waals surface area contributed by atoms with Crippen molar-refractivity contribution in [3.05, 3.63) is 29.8 Å². The van der Waals surface area contributed by atoms with E-state index in [0.717, 1.165) is 12.8 Å². The summed E-state index contributed by atoms with van der Waals surface area (Å²) in [5, 5.41) is 18.9. The van der Waals surface area contributed by atoms with Gasteiger partial charge in [0.25, 0.3) is 0 Å². The highest BCUT2D eigenvalue weighted by Gasteiger charge is 2.22. The number of carbonyl (C=O) groups excluding carboxylic acids is 2. The molecule has 3 amide bonds. The van der Waals surface area contributed by atoms with Gasteiger partial charge in [0.05, 0.1) is 0 Å². The van der Waals surface area contributed by atoms with Gasteiger partial charge >= 0.3 is 6.03 Å². The Balaban J connectivity index is 1.71. The molecule has 9 nitrogen and oxygen atoms in total. The smallest absolute Gasteiger partial charge is 0.319 e. The van der Waals surface area contributed by atoms with Gasteiger partial charge in [-0.2, -0.15) is 4.68 Å². The van der Waals surface area contributed by atoms with Crippen LogP contribution in [0.4, 0.5) is 14.9 Å². The number of halogens is 1. The minimum Gasteiger partial charge on any atom is -0.354 e. The summed E-state index contributed by atoms with van der Waals surface area (Å²) in [7, 11) is 0. The molecule has 2 aromatic rings. The van der Waals surface area contributed by atoms with Crippen LogP contribution in [-0.2, 0) is 4.79 Å². The Hall–Kier alpha value is -3.04. The maximum absolute atomic E-state index is 14.0. The molecular formula is C15H18FN7O2. The number of benzene rings is 1. The highest BCUT2D eigenvalue weighted by atomic mass is 19.1. The molecule has 1 atom stereocenters. The van der Waals surface area contributed by atoms with Gasteiger partial charge in [0.15, 0.2) is 5.82 Å². The van der Waals surface area contributed by atoms with Gasteiger partial charge < -0.3 is 16.0 Å². The molecule has 0 saturated carbocycles. The average Bonchev–Trinajstić information content (AvgIpc) is 2.90. The number of anilines is 1. The zero-order valence-corrected chi connectivity index (χ0v) is 13.6. The summed E-state index contributed by atoms with van der Waals surface area (Å²) in [4.78, 5) is 24.0. The summed E-state index contributed by atoms with van der Waals surface area (Å²) in [5.41, 5.74) is 0.477. The fourth-order valence-electron chi connectivity index (χ4n) is 2.61. The first-order chi connectivity index (χ1) is 12.0. The summed E-state index contributed by atoms with van der Waals surface area (Å²) in [6.45, 7) is 2.25. The molecule has 10 heteroatoms. The van der Waals surface area contributed by atoms with E-state index in [0.29, 0.717) is 24.5 Å². The van der Waals surface area contributed by atoms with Crippen LogP contribution in [0.2, 0.25) is 0 Å². The monoisotopic (exact) mass is 347 g/mol. The van der Waals surface area contributed by atoms with Crippen LogP contribution in [0.5, 0.6) is 0 Å². The van der Waals surface area contributed by atoms with Gasteiger partial charge in [-0.1, -0.05) is 0 Å². The van der Waals surface area contributed by atoms with E-state index in [1.165, 1.54) is 22.9 Å². The predicted octanol–water partition coefficient (Wildman–Crippen LogP) is 0.900. The van der Waals surface area contributed by atoms with Crippen LogP contribution in [0.1, 0.15) is 25.1 Å². The van der Waals surface area contributed by atoms with Gasteiger partial charge in [-0.15, -0.1) is 5.10 Å². The first-order valence-electron chi connectivity index (χ1n) is 7.95. The second kappa shape index (κ2) is 7.24. The molecule has 0 radical (unpaired) electrons. The van der Waals surface area contributed by atoms with Crippen molar-refractivity contribution in [3.8, 4) is 5.69 Å². The first-order valence-corrected chi connectivity index (χ1v) is 7.95. The zero-order chi connectivity index (χ0) is 17.8. The largest absolute Gasteiger partial charge is 0.354 e. The molecule has 1 aromatic heterocycles. The van der Waals surface area contributed by atoms with Gasteiger partial charge in [-0.25, -0.2) is 9.18 Å². The van der Waals surface area contributed by atoms with E-state index in [-0.39, 0.29) is 11.6 Å². The van der Waals surface area contributed by atoms with E-state index in [4.69, 9.17) is 0 Å². The third-order valence-electron chi connectivity index (χ3n) is 3.90. The summed E-state index contributed by atoms with van der Waals surface area (Å²) >= 11 is 0. The van der Waals surface area contributed by atoms with Crippen LogP contribution in [0.25, 0.3) is 5.69 Å². The molecule has 132 valence electrons. The fraction of sp³-hybridized carbons (Fsp3) is 0.400. The molecule has 1 fully saturated rings. The Morgan fingerprint density at radius 2 is 2.24 bits per heavy atom. The van der Waals surface area contributed by atoms with E-state index in [1.807, 2.05) is 0 Å². The summed E-state index contributed by atoms with van der Waals surface area (Å²) < 4.78 is 15.3. The van der Waals surface area contributed by atoms with Crippen molar-refractivity contribution in [1.29, 1.82) is 0 Å². The van der Waals surface area contributed by atoms with Crippen LogP contribution in [0.3, 0.4) is 0 Å². The number of tetrazole rings is 1. The van der Waals surface area contributed by atoms with Crippen molar-refractivity contribution in [2.75, 3.05) is 11.9 Å². The lowest BCUT2D eigenvalue weighted by Gasteiger charge is -2.16. The topological polar surface area (TPSA) is 114 Å². The number of urea groups is 1. The van der Waals surface area contributed by atoms with Crippen molar-refractivity contribution in [2.45, 2.75) is 32.2 Å². The standard InChI is InChI=1S/C15H18FN7O2/c1-9-20-21-22-23(9)13-8-10(5-6-11(13)16)18-15(25)19-12-4-2-3-7-17-14(12)24/h5-6,8,12H,2-4,7H2,1H3,(H,17,24)(H2,18,19,25)/t12-/m0/s1. The van der Waals surface area contributed by atoms with Gasteiger partial charge in [0, 0.05) is 12.2 Å². The van der Waals surface area contributed by atoms with Crippen molar-refractivity contribution < 1.29 is 14.0 Å². The van der Waals surface area contributed by atoms with E-state index >= 15 is 0 Å². The number of amides is 3. The molecule has 0 unspecified atom stereocenters. The van der Waals surface area contributed by atoms with Crippen molar-refractivity contribution in [1.82, 2.24) is 30.8 Å². The van der Waals surface area contributed by atoms with Crippen molar-refractivity contribution >= 4 is 17.6 Å². The SMILES string of the molecule is Cc1nnnn1-c1cc(NC(=O)N[C@H]2CCCCNC2=O)ccc1F. The highest BCUT2D eigenvalue weighted by molar-refractivity contribution is 5.94. The number of aryl methyl sites for hydroxylation is 1. The molecule has 1 aromatic carbocycles. The average molecular weight is 347 g/mol. The van der Waals surface area contributed by atoms with Gasteiger partial charge in [0.1, 0.15) is 17.5 Å². The van der Waals surface area contributed by atoms with E-state index < -0.39 is 17.9 Å². The molecule has 3 N–H and O–H groups in total. The number of rotatable bonds is 3. The summed E-state index contributed by atoms with van der Waals surface area (Å²) in [5.74, 6) is -0.308. The van der Waals surface area contributed by atoms with Crippen LogP contribution in [-0.4, -0.2) is 44.7 Å². The third kappa shape index (κ3) is 3.90. The molecule has 0 bridgehead atoms. The maximum atomic E-state index is 14.0. The second-order valence-electron chi connectivity index (χ2n) is 5.74. The van der Waals surface area contributed by atoms with E-state index in [9.17, 15) is 14.0 Å². The Bertz CT molecular complexity index is 792. The molecule has 0 spiro atoms. The van der Waals surface area contributed by atoms with E-state index in [1.54, 1.807) is 6.92 Å². The Kier molecular flexibility index (Phi) is 4.87. The Morgan fingerprint density at radius 3 is 3.00 bits per heavy atom. The lowest BCUT2D eigenvalue weighted by molar-refractivity contribution is -0.122. The van der Waals surface area contributed by atoms with E-state index in [2.05, 4.69) is 31.5 Å². The molecule has 3 rings (SSSR count). The fourth-order valence-corrected chi connectivity index (χ4v) is 2.61. The molecule has 0 aliphatic carbocycles. The molecule has 1 saturated heterocycles. The molecule has 1 aliphatic heterocycles. The number of hydrogen-bond donors (Lipinski definition) is 3. The van der Waals surface area contributed by atoms with Crippen LogP contribution >= 0.6 is 0 Å². The van der Waals surface area contributed by atoms with Crippen LogP contribution < -0.4 is 16.0 Å². The quantitative estimate of drug-likeness (QED) is 0.763. The van der Waals surface area contributed by atoms with Gasteiger partial charge in [0.2, 0.25) is 5.91 Å². The maximum Gasteiger partial charge on any atom is 0.319 e. The molecule has 25 heavy (non-hydrogen) atoms. The number of nitrogens with one attached hydrogen (secondary N) is 3. The minimum absolute atomic E-state index is 0.118. The summed E-state index contributed by atoms with van der Waals surface area (Å²) in [6, 6.07) is 2.94. The van der Waals surface area contributed by atoms with Crippen LogP contribution in [0, 0.1) is 12.7 Å². The highest BCUT2D eigenvalue weighted by Crippen LogP contribution is 2.19. The minimum atomic E-state index is -0.579. The second-order valence-corrected chi connectivity index (χ2v) is 5.74. The van der Waals surface area contributed by atoms with Crippen molar-refractivity contribution in [2.24, 2.45) is 0 Å². The number of aromatic nitrogens is 4. The van der Waals surface area contributed by atoms with Crippen LogP contribution in [0.15, 0.2) is 18.2 Å². The predicted molar refractivity (Wildman–Crippen MR) is 86.7 cm³/mol. The summed E-state index contributed by atoms with van der Waals surface area (Å²) in [6.07, 6.45) is 2.32. The van der Waals surface area contributed by atoms with Gasteiger partial charge in [-0.3, -0.25) is 4.79 Å². The molecule has 2 heterocycles. The number of hydrogen-bond acceptors (Lipinski definition) is 5. The normalized spacial score (nSPS) is 17.5. The molecule has 1 aliphatic rings. The number of nitrogens with zero attached hydrogens (tertiary/aromatic N) is 4. The number of carbonyl (C=O) groups is 2. The third-order valence-corrected chi connectivity index (χ3v) is 3.90. The van der Waals surface area contributed by atoms with Gasteiger partial charge in [-0.05, 0) is 54.8 Å². The molecular weight excluding hydrogens is 329 g/mol. The Morgan fingerprint density at radius 1 is 1.40 bits per heavy atom. The first kappa shape index (κ1) is 16.8.